The summed E-state index contributed by atoms with van der Waals surface area (Å²) in [5.74, 6) is 2.01. The van der Waals surface area contributed by atoms with Gasteiger partial charge in [-0.3, -0.25) is 9.69 Å². The zero-order valence-electron chi connectivity index (χ0n) is 15.1. The van der Waals surface area contributed by atoms with Gasteiger partial charge in [0.2, 0.25) is 5.91 Å². The minimum absolute atomic E-state index is 0.251. The Morgan fingerprint density at radius 1 is 1.16 bits per heavy atom. The molecule has 1 unspecified atom stereocenters. The number of ether oxygens (including phenoxy) is 2. The molecule has 1 spiro atoms. The molecular formula is C20H28N2O3. The largest absolute Gasteiger partial charge is 0.497 e. The fraction of sp³-hybridized carbons (Fsp3) is 0.650. The Balaban J connectivity index is 1.38. The molecule has 5 nitrogen and oxygen atoms in total. The van der Waals surface area contributed by atoms with E-state index in [1.54, 1.807) is 7.11 Å². The van der Waals surface area contributed by atoms with Gasteiger partial charge in [0.15, 0.2) is 0 Å². The molecule has 1 aromatic carbocycles. The summed E-state index contributed by atoms with van der Waals surface area (Å²) in [4.78, 5) is 17.7. The molecule has 1 amide bonds. The number of piperidine rings is 1. The van der Waals surface area contributed by atoms with Crippen LogP contribution in [0.4, 0.5) is 0 Å². The predicted molar refractivity (Wildman–Crippen MR) is 96.0 cm³/mol. The second-order valence-corrected chi connectivity index (χ2v) is 7.48. The molecular weight excluding hydrogens is 316 g/mol. The highest BCUT2D eigenvalue weighted by molar-refractivity contribution is 5.88. The molecule has 3 fully saturated rings. The van der Waals surface area contributed by atoms with E-state index >= 15 is 0 Å². The topological polar surface area (TPSA) is 42.0 Å². The number of methoxy groups -OCH3 is 1. The van der Waals surface area contributed by atoms with Crippen molar-refractivity contribution in [1.82, 2.24) is 9.80 Å². The van der Waals surface area contributed by atoms with Crippen LogP contribution in [-0.2, 0) is 4.79 Å². The van der Waals surface area contributed by atoms with Crippen molar-refractivity contribution in [2.24, 2.45) is 0 Å². The lowest BCUT2D eigenvalue weighted by Gasteiger charge is -2.44. The second kappa shape index (κ2) is 6.87. The molecule has 25 heavy (non-hydrogen) atoms. The average Bonchev–Trinajstić information content (AvgIpc) is 3.40. The zero-order chi connectivity index (χ0) is 17.3. The van der Waals surface area contributed by atoms with E-state index in [-0.39, 0.29) is 5.54 Å². The van der Waals surface area contributed by atoms with Gasteiger partial charge < -0.3 is 14.4 Å². The summed E-state index contributed by atoms with van der Waals surface area (Å²) in [6.07, 6.45) is 6.66. The van der Waals surface area contributed by atoms with E-state index in [1.165, 1.54) is 12.8 Å². The Morgan fingerprint density at radius 2 is 1.92 bits per heavy atom. The van der Waals surface area contributed by atoms with Gasteiger partial charge in [0, 0.05) is 25.2 Å². The summed E-state index contributed by atoms with van der Waals surface area (Å²) in [6, 6.07) is 8.22. The van der Waals surface area contributed by atoms with Crippen molar-refractivity contribution in [2.75, 3.05) is 33.4 Å². The Kier molecular flexibility index (Phi) is 4.59. The molecule has 0 bridgehead atoms. The van der Waals surface area contributed by atoms with Crippen molar-refractivity contribution in [3.63, 3.8) is 0 Å². The first kappa shape index (κ1) is 16.7. The zero-order valence-corrected chi connectivity index (χ0v) is 15.1. The monoisotopic (exact) mass is 344 g/mol. The van der Waals surface area contributed by atoms with Gasteiger partial charge in [-0.1, -0.05) is 6.07 Å². The highest BCUT2D eigenvalue weighted by Crippen LogP contribution is 2.41. The summed E-state index contributed by atoms with van der Waals surface area (Å²) >= 11 is 0. The number of nitrogens with zero attached hydrogens (tertiary/aromatic N) is 2. The maximum absolute atomic E-state index is 13.2. The van der Waals surface area contributed by atoms with Crippen LogP contribution in [-0.4, -0.2) is 60.6 Å². The van der Waals surface area contributed by atoms with Crippen LogP contribution in [0.1, 0.15) is 38.5 Å². The van der Waals surface area contributed by atoms with E-state index < -0.39 is 0 Å². The molecule has 1 aliphatic carbocycles. The van der Waals surface area contributed by atoms with Crippen molar-refractivity contribution in [3.05, 3.63) is 24.3 Å². The summed E-state index contributed by atoms with van der Waals surface area (Å²) in [5.41, 5.74) is -0.251. The fourth-order valence-electron chi connectivity index (χ4n) is 4.50. The SMILES string of the molecule is COc1cccc(OCCN2CCCC23CCCN(C2CC2)C3=O)c1. The minimum atomic E-state index is -0.251. The Morgan fingerprint density at radius 3 is 2.68 bits per heavy atom. The maximum Gasteiger partial charge on any atom is 0.243 e. The van der Waals surface area contributed by atoms with Crippen LogP contribution in [0.15, 0.2) is 24.3 Å². The number of rotatable bonds is 6. The Hall–Kier alpha value is -1.75. The quantitative estimate of drug-likeness (QED) is 0.796. The minimum Gasteiger partial charge on any atom is -0.497 e. The number of hydrogen-bond acceptors (Lipinski definition) is 4. The predicted octanol–water partition coefficient (Wildman–Crippen LogP) is 2.69. The van der Waals surface area contributed by atoms with Gasteiger partial charge >= 0.3 is 0 Å². The van der Waals surface area contributed by atoms with Crippen molar-refractivity contribution in [3.8, 4) is 11.5 Å². The van der Waals surface area contributed by atoms with Crippen LogP contribution >= 0.6 is 0 Å². The lowest BCUT2D eigenvalue weighted by atomic mass is 9.85. The normalized spacial score (nSPS) is 27.1. The van der Waals surface area contributed by atoms with Crippen LogP contribution < -0.4 is 9.47 Å². The van der Waals surface area contributed by atoms with Crippen LogP contribution in [0.25, 0.3) is 0 Å². The van der Waals surface area contributed by atoms with Gasteiger partial charge in [-0.15, -0.1) is 0 Å². The molecule has 0 radical (unpaired) electrons. The van der Waals surface area contributed by atoms with Crippen LogP contribution in [0.5, 0.6) is 11.5 Å². The molecule has 1 atom stereocenters. The molecule has 1 saturated carbocycles. The molecule has 2 aliphatic heterocycles. The average molecular weight is 344 g/mol. The summed E-state index contributed by atoms with van der Waals surface area (Å²) in [6.45, 7) is 3.37. The van der Waals surface area contributed by atoms with Crippen molar-refractivity contribution >= 4 is 5.91 Å². The van der Waals surface area contributed by atoms with E-state index in [0.717, 1.165) is 56.8 Å². The van der Waals surface area contributed by atoms with Crippen LogP contribution in [0.3, 0.4) is 0 Å². The molecule has 2 heterocycles. The lowest BCUT2D eigenvalue weighted by Crippen LogP contribution is -2.60. The van der Waals surface area contributed by atoms with E-state index in [0.29, 0.717) is 18.6 Å². The number of carbonyl (C=O) groups is 1. The molecule has 0 aromatic heterocycles. The van der Waals surface area contributed by atoms with Crippen molar-refractivity contribution < 1.29 is 14.3 Å². The van der Waals surface area contributed by atoms with Crippen molar-refractivity contribution in [1.29, 1.82) is 0 Å². The number of carbonyl (C=O) groups excluding carboxylic acids is 1. The summed E-state index contributed by atoms with van der Waals surface area (Å²) in [7, 11) is 1.66. The number of likely N-dealkylation sites (tertiary alicyclic amines) is 2. The second-order valence-electron chi connectivity index (χ2n) is 7.48. The smallest absolute Gasteiger partial charge is 0.243 e. The molecule has 1 aromatic rings. The van der Waals surface area contributed by atoms with Gasteiger partial charge in [0.1, 0.15) is 23.6 Å². The number of hydrogen-bond donors (Lipinski definition) is 0. The van der Waals surface area contributed by atoms with E-state index in [2.05, 4.69) is 9.80 Å². The van der Waals surface area contributed by atoms with Gasteiger partial charge in [0.05, 0.1) is 7.11 Å². The molecule has 3 aliphatic rings. The Labute approximate surface area is 149 Å². The molecule has 5 heteroatoms. The van der Waals surface area contributed by atoms with Crippen molar-refractivity contribution in [2.45, 2.75) is 50.1 Å². The maximum atomic E-state index is 13.2. The van der Waals surface area contributed by atoms with E-state index in [4.69, 9.17) is 9.47 Å². The standard InChI is InChI=1S/C20H28N2O3/c1-24-17-5-2-6-18(15-17)25-14-13-21-11-3-9-20(21)10-4-12-22(19(20)23)16-7-8-16/h2,5-6,15-16H,3-4,7-14H2,1H3. The third kappa shape index (κ3) is 3.22. The molecule has 4 rings (SSSR count). The highest BCUT2D eigenvalue weighted by atomic mass is 16.5. The first-order valence-electron chi connectivity index (χ1n) is 9.56. The molecule has 136 valence electrons. The van der Waals surface area contributed by atoms with Gasteiger partial charge in [-0.05, 0) is 57.2 Å². The summed E-state index contributed by atoms with van der Waals surface area (Å²) < 4.78 is 11.2. The fourth-order valence-corrected chi connectivity index (χ4v) is 4.50. The third-order valence-corrected chi connectivity index (χ3v) is 5.93. The molecule has 0 N–H and O–H groups in total. The van der Waals surface area contributed by atoms with Crippen LogP contribution in [0.2, 0.25) is 0 Å². The van der Waals surface area contributed by atoms with Gasteiger partial charge in [0.25, 0.3) is 0 Å². The van der Waals surface area contributed by atoms with Gasteiger partial charge in [-0.2, -0.15) is 0 Å². The first-order valence-corrected chi connectivity index (χ1v) is 9.56. The van der Waals surface area contributed by atoms with Gasteiger partial charge in [-0.25, -0.2) is 0 Å². The van der Waals surface area contributed by atoms with E-state index in [9.17, 15) is 4.79 Å². The Bertz CT molecular complexity index is 631. The van der Waals surface area contributed by atoms with E-state index in [1.807, 2.05) is 24.3 Å². The number of benzene rings is 1. The number of amides is 1. The summed E-state index contributed by atoms with van der Waals surface area (Å²) in [5, 5.41) is 0. The van der Waals surface area contributed by atoms with Crippen LogP contribution in [0, 0.1) is 0 Å². The lowest BCUT2D eigenvalue weighted by molar-refractivity contribution is -0.148. The highest BCUT2D eigenvalue weighted by Gasteiger charge is 2.52. The third-order valence-electron chi connectivity index (χ3n) is 5.93. The molecule has 2 saturated heterocycles. The first-order chi connectivity index (χ1) is 12.2.